The van der Waals surface area contributed by atoms with Crippen molar-refractivity contribution < 1.29 is 13.8 Å². The number of carbonyl (C=O) groups excluding carboxylic acids is 1. The van der Waals surface area contributed by atoms with Crippen LogP contribution in [-0.2, 0) is 6.54 Å². The van der Waals surface area contributed by atoms with Gasteiger partial charge in [0.25, 0.3) is 6.04 Å². The van der Waals surface area contributed by atoms with Crippen LogP contribution in [0.3, 0.4) is 0 Å². The molecule has 2 aromatic heterocycles. The number of nitrogens with zero attached hydrogens (tertiary/aromatic N) is 1. The fraction of sp³-hybridized carbons (Fsp3) is 0.105. The molecule has 132 valence electrons. The molecule has 2 heterocycles. The number of thiocarbonyl (C=S) groups is 1. The minimum atomic E-state index is -0.736. The molecule has 0 aliphatic carbocycles. The van der Waals surface area contributed by atoms with Crippen molar-refractivity contribution in [1.29, 1.82) is 0 Å². The summed E-state index contributed by atoms with van der Waals surface area (Å²) in [4.78, 5) is 13.6. The maximum Gasteiger partial charge on any atom is 0.270 e. The van der Waals surface area contributed by atoms with Gasteiger partial charge in [-0.2, -0.15) is 4.57 Å². The number of hydrogen-bond donors (Lipinski definition) is 1. The van der Waals surface area contributed by atoms with Gasteiger partial charge in [-0.1, -0.05) is 41.5 Å². The van der Waals surface area contributed by atoms with Crippen LogP contribution in [0.4, 0.5) is 0 Å². The molecule has 0 spiro atoms. The van der Waals surface area contributed by atoms with Crippen molar-refractivity contribution in [2.75, 3.05) is 0 Å². The molecule has 1 aromatic carbocycles. The standard InChI is InChI=1S/C19H14Cl2N2O2S/c20-13-6-7-15(16(21)11-13)18(24)17(23-8-2-1-3-9-23)19(26)22-12-14-5-4-10-25-14/h1-11,17H,12H2/p+1/t17-/m1/s1. The molecule has 1 atom stereocenters. The van der Waals surface area contributed by atoms with Crippen molar-refractivity contribution in [3.8, 4) is 0 Å². The Bertz CT molecular complexity index is 915. The fourth-order valence-corrected chi connectivity index (χ4v) is 3.30. The number of halogens is 2. The zero-order chi connectivity index (χ0) is 18.5. The zero-order valence-corrected chi connectivity index (χ0v) is 15.9. The lowest BCUT2D eigenvalue weighted by molar-refractivity contribution is -0.692. The first-order valence-electron chi connectivity index (χ1n) is 7.81. The molecule has 1 N–H and O–H groups in total. The van der Waals surface area contributed by atoms with E-state index in [-0.39, 0.29) is 10.8 Å². The van der Waals surface area contributed by atoms with Gasteiger partial charge in [0.05, 0.1) is 17.8 Å². The lowest BCUT2D eigenvalue weighted by atomic mass is 10.0. The van der Waals surface area contributed by atoms with Crippen LogP contribution in [0, 0.1) is 0 Å². The number of hydrogen-bond acceptors (Lipinski definition) is 3. The van der Waals surface area contributed by atoms with E-state index in [1.54, 1.807) is 47.5 Å². The predicted molar refractivity (Wildman–Crippen MR) is 105 cm³/mol. The lowest BCUT2D eigenvalue weighted by Gasteiger charge is -2.15. The van der Waals surface area contributed by atoms with Crippen LogP contribution in [0.25, 0.3) is 0 Å². The van der Waals surface area contributed by atoms with Crippen molar-refractivity contribution in [3.05, 3.63) is 88.6 Å². The monoisotopic (exact) mass is 405 g/mol. The first kappa shape index (κ1) is 18.6. The number of ketones is 1. The molecule has 3 aromatic rings. The Hall–Kier alpha value is -2.21. The third kappa shape index (κ3) is 4.30. The van der Waals surface area contributed by atoms with Crippen LogP contribution >= 0.6 is 35.4 Å². The van der Waals surface area contributed by atoms with Crippen molar-refractivity contribution in [2.45, 2.75) is 12.6 Å². The average Bonchev–Trinajstić information content (AvgIpc) is 3.14. The maximum atomic E-state index is 13.2. The number of carbonyl (C=O) groups is 1. The molecular formula is C19H15Cl2N2O2S+. The molecule has 0 saturated carbocycles. The van der Waals surface area contributed by atoms with Crippen molar-refractivity contribution >= 4 is 46.2 Å². The average molecular weight is 406 g/mol. The van der Waals surface area contributed by atoms with Crippen LogP contribution < -0.4 is 9.88 Å². The van der Waals surface area contributed by atoms with Gasteiger partial charge in [-0.15, -0.1) is 0 Å². The van der Waals surface area contributed by atoms with Crippen LogP contribution in [-0.4, -0.2) is 10.8 Å². The summed E-state index contributed by atoms with van der Waals surface area (Å²) < 4.78 is 7.04. The normalized spacial score (nSPS) is 11.8. The maximum absolute atomic E-state index is 13.2. The van der Waals surface area contributed by atoms with Gasteiger partial charge in [0, 0.05) is 22.7 Å². The highest BCUT2D eigenvalue weighted by Crippen LogP contribution is 2.24. The molecule has 4 nitrogen and oxygen atoms in total. The van der Waals surface area contributed by atoms with Gasteiger partial charge in [0.15, 0.2) is 17.4 Å². The van der Waals surface area contributed by atoms with Gasteiger partial charge in [0.2, 0.25) is 5.78 Å². The summed E-state index contributed by atoms with van der Waals surface area (Å²) >= 11 is 17.7. The lowest BCUT2D eigenvalue weighted by Crippen LogP contribution is -2.51. The highest BCUT2D eigenvalue weighted by atomic mass is 35.5. The molecular weight excluding hydrogens is 391 g/mol. The topological polar surface area (TPSA) is 46.1 Å². The van der Waals surface area contributed by atoms with Crippen LogP contribution in [0.2, 0.25) is 10.0 Å². The molecule has 0 bridgehead atoms. The summed E-state index contributed by atoms with van der Waals surface area (Å²) in [6.07, 6.45) is 5.16. The number of furan rings is 1. The van der Waals surface area contributed by atoms with E-state index in [0.717, 1.165) is 5.76 Å². The summed E-state index contributed by atoms with van der Waals surface area (Å²) in [6.45, 7) is 0.386. The Morgan fingerprint density at radius 2 is 1.92 bits per heavy atom. The summed E-state index contributed by atoms with van der Waals surface area (Å²) in [5, 5.41) is 3.85. The third-order valence-electron chi connectivity index (χ3n) is 3.75. The fourth-order valence-electron chi connectivity index (χ4n) is 2.49. The molecule has 0 amide bonds. The van der Waals surface area contributed by atoms with Gasteiger partial charge in [-0.05, 0) is 30.3 Å². The molecule has 0 fully saturated rings. The summed E-state index contributed by atoms with van der Waals surface area (Å²) in [7, 11) is 0. The smallest absolute Gasteiger partial charge is 0.270 e. The Morgan fingerprint density at radius 3 is 2.58 bits per heavy atom. The highest BCUT2D eigenvalue weighted by molar-refractivity contribution is 7.80. The van der Waals surface area contributed by atoms with E-state index in [1.165, 1.54) is 0 Å². The zero-order valence-electron chi connectivity index (χ0n) is 13.6. The second-order valence-electron chi connectivity index (χ2n) is 5.51. The van der Waals surface area contributed by atoms with Gasteiger partial charge >= 0.3 is 0 Å². The largest absolute Gasteiger partial charge is 0.467 e. The Labute approximate surface area is 166 Å². The first-order valence-corrected chi connectivity index (χ1v) is 8.98. The molecule has 0 saturated heterocycles. The summed E-state index contributed by atoms with van der Waals surface area (Å²) in [5.74, 6) is 0.501. The summed E-state index contributed by atoms with van der Waals surface area (Å²) in [5.41, 5.74) is 0.361. The van der Waals surface area contributed by atoms with Crippen molar-refractivity contribution in [1.82, 2.24) is 5.32 Å². The van der Waals surface area contributed by atoms with Gasteiger partial charge in [-0.25, -0.2) is 0 Å². The van der Waals surface area contributed by atoms with E-state index in [4.69, 9.17) is 39.8 Å². The Balaban J connectivity index is 1.90. The van der Waals surface area contributed by atoms with E-state index >= 15 is 0 Å². The number of aromatic nitrogens is 1. The molecule has 0 radical (unpaired) electrons. The van der Waals surface area contributed by atoms with Crippen molar-refractivity contribution in [2.24, 2.45) is 0 Å². The minimum absolute atomic E-state index is 0.222. The SMILES string of the molecule is O=C(c1ccc(Cl)cc1Cl)[C@H](C(=S)NCc1ccco1)[n+]1ccccc1. The van der Waals surface area contributed by atoms with Crippen LogP contribution in [0.15, 0.2) is 71.6 Å². The first-order chi connectivity index (χ1) is 12.6. The number of rotatable bonds is 6. The van der Waals surface area contributed by atoms with E-state index in [1.807, 2.05) is 24.3 Å². The van der Waals surface area contributed by atoms with Gasteiger partial charge in [0.1, 0.15) is 5.76 Å². The number of benzene rings is 1. The highest BCUT2D eigenvalue weighted by Gasteiger charge is 2.34. The molecule has 0 aliphatic rings. The van der Waals surface area contributed by atoms with Crippen LogP contribution in [0.5, 0.6) is 0 Å². The molecule has 26 heavy (non-hydrogen) atoms. The number of nitrogens with one attached hydrogen (secondary N) is 1. The molecule has 3 rings (SSSR count). The van der Waals surface area contributed by atoms with E-state index < -0.39 is 6.04 Å². The number of pyridine rings is 1. The van der Waals surface area contributed by atoms with E-state index in [9.17, 15) is 4.79 Å². The molecule has 7 heteroatoms. The Morgan fingerprint density at radius 1 is 1.15 bits per heavy atom. The van der Waals surface area contributed by atoms with E-state index in [2.05, 4.69) is 5.32 Å². The second kappa shape index (κ2) is 8.45. The third-order valence-corrected chi connectivity index (χ3v) is 4.66. The minimum Gasteiger partial charge on any atom is -0.467 e. The number of Topliss-reactive ketones (excluding diaryl/α,β-unsaturated/α-hetero) is 1. The van der Waals surface area contributed by atoms with Gasteiger partial charge in [-0.3, -0.25) is 4.79 Å². The predicted octanol–water partition coefficient (Wildman–Crippen LogP) is 4.42. The van der Waals surface area contributed by atoms with Crippen molar-refractivity contribution in [3.63, 3.8) is 0 Å². The molecule has 0 unspecified atom stereocenters. The van der Waals surface area contributed by atoms with Crippen LogP contribution in [0.1, 0.15) is 22.2 Å². The summed E-state index contributed by atoms with van der Waals surface area (Å²) in [6, 6.07) is 13.2. The quantitative estimate of drug-likeness (QED) is 0.374. The van der Waals surface area contributed by atoms with E-state index in [0.29, 0.717) is 22.1 Å². The second-order valence-corrected chi connectivity index (χ2v) is 6.79. The van der Waals surface area contributed by atoms with Gasteiger partial charge < -0.3 is 9.73 Å². The molecule has 0 aliphatic heterocycles. The Kier molecular flexibility index (Phi) is 6.04.